The van der Waals surface area contributed by atoms with E-state index in [0.717, 1.165) is 6.92 Å². The lowest BCUT2D eigenvalue weighted by atomic mass is 10.1. The molecule has 0 aliphatic carbocycles. The molecule has 0 atom stereocenters. The van der Waals surface area contributed by atoms with Crippen molar-refractivity contribution < 1.29 is 30.8 Å². The Morgan fingerprint density at radius 3 is 1.41 bits per heavy atom. The molecule has 22 heavy (non-hydrogen) atoms. The Labute approximate surface area is 128 Å². The van der Waals surface area contributed by atoms with E-state index in [4.69, 9.17) is 13.3 Å². The lowest BCUT2D eigenvalue weighted by Crippen LogP contribution is -2.49. The summed E-state index contributed by atoms with van der Waals surface area (Å²) in [5.74, 6) is -5.71. The standard InChI is InChI=1S/C14H20F4O3Si/c1-5-19-22(20-6-2,21-7-3)8-10-13(17)11(15)9(4)12(16)14(10)18/h5-8H2,1-4H3. The minimum atomic E-state index is -3.48. The van der Waals surface area contributed by atoms with Gasteiger partial charge in [0, 0.05) is 37.0 Å². The molecule has 1 rings (SSSR count). The van der Waals surface area contributed by atoms with Crippen molar-refractivity contribution in [3.63, 3.8) is 0 Å². The Bertz CT molecular complexity index is 479. The first-order valence-electron chi connectivity index (χ1n) is 7.06. The van der Waals surface area contributed by atoms with Gasteiger partial charge in [-0.2, -0.15) is 0 Å². The molecule has 0 unspecified atom stereocenters. The first kappa shape index (κ1) is 19.1. The third-order valence-electron chi connectivity index (χ3n) is 3.06. The zero-order chi connectivity index (χ0) is 16.9. The first-order valence-corrected chi connectivity index (χ1v) is 8.99. The summed E-state index contributed by atoms with van der Waals surface area (Å²) in [6, 6.07) is -0.478. The molecule has 8 heteroatoms. The molecular formula is C14H20F4O3Si. The topological polar surface area (TPSA) is 27.7 Å². The molecular weight excluding hydrogens is 320 g/mol. The number of hydrogen-bond acceptors (Lipinski definition) is 3. The van der Waals surface area contributed by atoms with Gasteiger partial charge in [-0.15, -0.1) is 0 Å². The Balaban J connectivity index is 3.34. The van der Waals surface area contributed by atoms with Crippen LogP contribution in [-0.2, 0) is 19.3 Å². The maximum absolute atomic E-state index is 14.0. The molecule has 0 aliphatic rings. The van der Waals surface area contributed by atoms with Gasteiger partial charge in [-0.05, 0) is 27.7 Å². The van der Waals surface area contributed by atoms with Gasteiger partial charge in [-0.25, -0.2) is 17.6 Å². The molecule has 0 bridgehead atoms. The zero-order valence-corrected chi connectivity index (χ0v) is 14.1. The summed E-state index contributed by atoms with van der Waals surface area (Å²) < 4.78 is 71.8. The highest BCUT2D eigenvalue weighted by Gasteiger charge is 2.43. The highest BCUT2D eigenvalue weighted by Crippen LogP contribution is 2.27. The van der Waals surface area contributed by atoms with E-state index >= 15 is 0 Å². The van der Waals surface area contributed by atoms with Gasteiger partial charge in [0.2, 0.25) is 0 Å². The van der Waals surface area contributed by atoms with Crippen LogP contribution in [0.25, 0.3) is 0 Å². The van der Waals surface area contributed by atoms with Crippen LogP contribution in [0, 0.1) is 30.2 Å². The second-order valence-corrected chi connectivity index (χ2v) is 7.10. The van der Waals surface area contributed by atoms with E-state index in [1.165, 1.54) is 0 Å². The van der Waals surface area contributed by atoms with Crippen molar-refractivity contribution in [3.05, 3.63) is 34.4 Å². The fourth-order valence-corrected chi connectivity index (χ4v) is 4.72. The largest absolute Gasteiger partial charge is 0.505 e. The van der Waals surface area contributed by atoms with Gasteiger partial charge in [0.15, 0.2) is 23.3 Å². The molecule has 0 spiro atoms. The Morgan fingerprint density at radius 2 is 1.09 bits per heavy atom. The summed E-state index contributed by atoms with van der Waals surface area (Å²) in [7, 11) is -3.48. The normalized spacial score (nSPS) is 12.0. The van der Waals surface area contributed by atoms with Crippen molar-refractivity contribution in [3.8, 4) is 0 Å². The predicted octanol–water partition coefficient (Wildman–Crippen LogP) is 3.68. The molecule has 3 nitrogen and oxygen atoms in total. The van der Waals surface area contributed by atoms with E-state index in [1.54, 1.807) is 20.8 Å². The second kappa shape index (κ2) is 8.05. The quantitative estimate of drug-likeness (QED) is 0.410. The summed E-state index contributed by atoms with van der Waals surface area (Å²) in [4.78, 5) is 0. The Hall–Kier alpha value is -0.963. The molecule has 0 radical (unpaired) electrons. The molecule has 0 amide bonds. The van der Waals surface area contributed by atoms with Crippen LogP contribution in [0.15, 0.2) is 0 Å². The van der Waals surface area contributed by atoms with Gasteiger partial charge >= 0.3 is 8.80 Å². The summed E-state index contributed by atoms with van der Waals surface area (Å²) in [6.07, 6.45) is 0. The van der Waals surface area contributed by atoms with Crippen LogP contribution in [0.5, 0.6) is 0 Å². The van der Waals surface area contributed by atoms with Gasteiger partial charge in [-0.3, -0.25) is 0 Å². The third kappa shape index (κ3) is 3.86. The van der Waals surface area contributed by atoms with Crippen LogP contribution in [0.3, 0.4) is 0 Å². The fraction of sp³-hybridized carbons (Fsp3) is 0.571. The number of hydrogen-bond donors (Lipinski definition) is 0. The molecule has 0 fully saturated rings. The maximum atomic E-state index is 14.0. The monoisotopic (exact) mass is 340 g/mol. The average molecular weight is 340 g/mol. The zero-order valence-electron chi connectivity index (χ0n) is 13.1. The minimum Gasteiger partial charge on any atom is -0.374 e. The van der Waals surface area contributed by atoms with E-state index in [1.807, 2.05) is 0 Å². The maximum Gasteiger partial charge on any atom is 0.505 e. The van der Waals surface area contributed by atoms with Crippen molar-refractivity contribution in [1.29, 1.82) is 0 Å². The van der Waals surface area contributed by atoms with Gasteiger partial charge in [-0.1, -0.05) is 0 Å². The van der Waals surface area contributed by atoms with Crippen LogP contribution in [0.2, 0.25) is 0 Å². The van der Waals surface area contributed by atoms with Gasteiger partial charge < -0.3 is 13.3 Å². The lowest BCUT2D eigenvalue weighted by Gasteiger charge is -2.28. The van der Waals surface area contributed by atoms with Gasteiger partial charge in [0.05, 0.1) is 0 Å². The van der Waals surface area contributed by atoms with Crippen LogP contribution in [0.1, 0.15) is 31.9 Å². The molecule has 0 aliphatic heterocycles. The van der Waals surface area contributed by atoms with Gasteiger partial charge in [0.1, 0.15) is 0 Å². The number of halogens is 4. The van der Waals surface area contributed by atoms with Crippen LogP contribution in [0.4, 0.5) is 17.6 Å². The average Bonchev–Trinajstić information content (AvgIpc) is 2.48. The summed E-state index contributed by atoms with van der Waals surface area (Å²) in [5.41, 5.74) is -1.45. The van der Waals surface area contributed by atoms with E-state index in [9.17, 15) is 17.6 Å². The van der Waals surface area contributed by atoms with Crippen LogP contribution >= 0.6 is 0 Å². The molecule has 1 aromatic carbocycles. The molecule has 0 saturated heterocycles. The third-order valence-corrected chi connectivity index (χ3v) is 6.03. The van der Waals surface area contributed by atoms with Crippen LogP contribution in [-0.4, -0.2) is 28.6 Å². The molecule has 0 aromatic heterocycles. The van der Waals surface area contributed by atoms with Crippen molar-refractivity contribution in [2.75, 3.05) is 19.8 Å². The molecule has 126 valence electrons. The fourth-order valence-electron chi connectivity index (χ4n) is 2.10. The SMILES string of the molecule is CCO[Si](Cc1c(F)c(F)c(C)c(F)c1F)(OCC)OCC. The van der Waals surface area contributed by atoms with Crippen LogP contribution < -0.4 is 0 Å². The highest BCUT2D eigenvalue weighted by atomic mass is 28.4. The molecule has 1 aromatic rings. The lowest BCUT2D eigenvalue weighted by molar-refractivity contribution is 0.0697. The van der Waals surface area contributed by atoms with Crippen molar-refractivity contribution in [1.82, 2.24) is 0 Å². The molecule has 0 heterocycles. The Morgan fingerprint density at radius 1 is 0.727 bits per heavy atom. The minimum absolute atomic E-state index is 0.187. The second-order valence-electron chi connectivity index (χ2n) is 4.52. The first-order chi connectivity index (χ1) is 10.3. The smallest absolute Gasteiger partial charge is 0.374 e. The van der Waals surface area contributed by atoms with E-state index in [-0.39, 0.29) is 19.8 Å². The molecule has 0 saturated carbocycles. The van der Waals surface area contributed by atoms with Crippen molar-refractivity contribution in [2.45, 2.75) is 33.7 Å². The summed E-state index contributed by atoms with van der Waals surface area (Å²) in [5, 5.41) is 0. The van der Waals surface area contributed by atoms with E-state index in [2.05, 4.69) is 0 Å². The highest BCUT2D eigenvalue weighted by molar-refractivity contribution is 6.60. The summed E-state index contributed by atoms with van der Waals surface area (Å²) >= 11 is 0. The number of benzene rings is 1. The van der Waals surface area contributed by atoms with Gasteiger partial charge in [0.25, 0.3) is 0 Å². The Kier molecular flexibility index (Phi) is 6.98. The van der Waals surface area contributed by atoms with E-state index < -0.39 is 49.2 Å². The summed E-state index contributed by atoms with van der Waals surface area (Å²) in [6.45, 7) is 6.54. The van der Waals surface area contributed by atoms with Crippen molar-refractivity contribution in [2.24, 2.45) is 0 Å². The number of rotatable bonds is 8. The molecule has 0 N–H and O–H groups in total. The van der Waals surface area contributed by atoms with Crippen molar-refractivity contribution >= 4 is 8.80 Å². The predicted molar refractivity (Wildman–Crippen MR) is 75.3 cm³/mol. The van der Waals surface area contributed by atoms with E-state index in [0.29, 0.717) is 0 Å².